The molecule has 8 nitrogen and oxygen atoms in total. The maximum Gasteiger partial charge on any atom is 0.362 e. The number of rotatable bonds is 38. The topological polar surface area (TPSA) is 99.1 Å². The molecule has 0 saturated carbocycles. The smallest absolute Gasteiger partial charge is 0.362 e. The molecule has 0 rings (SSSR count). The van der Waals surface area contributed by atoms with E-state index in [4.69, 9.17) is 14.2 Å². The van der Waals surface area contributed by atoms with Gasteiger partial charge in [0.05, 0.1) is 34.4 Å². The number of hydrogen-bond acceptors (Lipinski definition) is 6. The van der Waals surface area contributed by atoms with Crippen LogP contribution >= 0.6 is 0 Å². The van der Waals surface area contributed by atoms with Gasteiger partial charge in [-0.05, 0) is 83.5 Å². The van der Waals surface area contributed by atoms with E-state index >= 15 is 0 Å². The Balaban J connectivity index is 4.55. The Morgan fingerprint density at radius 1 is 0.534 bits per heavy atom. The van der Waals surface area contributed by atoms with Crippen LogP contribution in [0.5, 0.6) is 0 Å². The highest BCUT2D eigenvalue weighted by atomic mass is 16.6. The maximum absolute atomic E-state index is 12.7. The molecule has 2 unspecified atom stereocenters. The van der Waals surface area contributed by atoms with Crippen LogP contribution in [-0.4, -0.2) is 80.6 Å². The Labute approximate surface area is 354 Å². The molecule has 1 N–H and O–H groups in total. The summed E-state index contributed by atoms with van der Waals surface area (Å²) in [5.74, 6) is -1.62. The third kappa shape index (κ3) is 37.8. The van der Waals surface area contributed by atoms with Crippen molar-refractivity contribution >= 4 is 17.9 Å². The molecule has 58 heavy (non-hydrogen) atoms. The number of ether oxygens (including phenoxy) is 3. The Bertz CT molecular complexity index is 1260. The van der Waals surface area contributed by atoms with Crippen molar-refractivity contribution in [1.29, 1.82) is 0 Å². The number of quaternary nitrogens is 1. The first-order valence-electron chi connectivity index (χ1n) is 22.3. The third-order valence-electron chi connectivity index (χ3n) is 9.22. The molecule has 2 atom stereocenters. The molecule has 0 radical (unpaired) electrons. The summed E-state index contributed by atoms with van der Waals surface area (Å²) < 4.78 is 17.2. The first-order chi connectivity index (χ1) is 28.1. The van der Waals surface area contributed by atoms with Gasteiger partial charge in [-0.3, -0.25) is 9.59 Å². The predicted molar refractivity (Wildman–Crippen MR) is 243 cm³/mol. The van der Waals surface area contributed by atoms with Gasteiger partial charge < -0.3 is 23.8 Å². The average molecular weight is 809 g/mol. The number of carbonyl (C=O) groups is 3. The molecule has 0 fully saturated rings. The maximum atomic E-state index is 12.7. The van der Waals surface area contributed by atoms with E-state index in [1.54, 1.807) is 0 Å². The van der Waals surface area contributed by atoms with Crippen molar-refractivity contribution in [2.75, 3.05) is 41.0 Å². The number of likely N-dealkylation sites (N-methyl/N-ethyl adjacent to an activating group) is 1. The van der Waals surface area contributed by atoms with Gasteiger partial charge in [-0.15, -0.1) is 0 Å². The van der Waals surface area contributed by atoms with Gasteiger partial charge in [0.2, 0.25) is 0 Å². The van der Waals surface area contributed by atoms with Gasteiger partial charge in [-0.25, -0.2) is 4.79 Å². The lowest BCUT2D eigenvalue weighted by Crippen LogP contribution is -2.50. The minimum absolute atomic E-state index is 0.0169. The van der Waals surface area contributed by atoms with Crippen LogP contribution in [0.25, 0.3) is 0 Å². The fraction of sp³-hybridized carbons (Fsp3) is 0.620. The Morgan fingerprint density at radius 3 is 1.43 bits per heavy atom. The summed E-state index contributed by atoms with van der Waals surface area (Å²) in [5.41, 5.74) is 0. The molecular formula is C50H82NO7+. The fourth-order valence-corrected chi connectivity index (χ4v) is 5.79. The molecule has 0 aromatic rings. The van der Waals surface area contributed by atoms with Crippen molar-refractivity contribution in [3.05, 3.63) is 97.2 Å². The highest BCUT2D eigenvalue weighted by Gasteiger charge is 2.31. The number of carboxylic acids is 1. The SMILES string of the molecule is CC/C=C/C/C=C/C/C=C/C/C=C/C/C=C/CCCC(=O)OCC(COCCC(C(=O)O)[N+](C)(C)C)OC(=O)CCC/C=C/C/C=C/C/C=C/CCCCCCCC. The van der Waals surface area contributed by atoms with Crippen molar-refractivity contribution in [1.82, 2.24) is 0 Å². The second-order valence-corrected chi connectivity index (χ2v) is 15.6. The van der Waals surface area contributed by atoms with Crippen LogP contribution in [0.1, 0.15) is 149 Å². The number of unbranched alkanes of at least 4 members (excludes halogenated alkanes) is 8. The molecule has 328 valence electrons. The predicted octanol–water partition coefficient (Wildman–Crippen LogP) is 12.3. The number of carboxylic acid groups (broad SMARTS) is 1. The monoisotopic (exact) mass is 809 g/mol. The van der Waals surface area contributed by atoms with E-state index in [-0.39, 0.29) is 49.1 Å². The minimum Gasteiger partial charge on any atom is -0.477 e. The van der Waals surface area contributed by atoms with Gasteiger partial charge in [0.25, 0.3) is 0 Å². The number of esters is 2. The zero-order chi connectivity index (χ0) is 42.8. The van der Waals surface area contributed by atoms with Gasteiger partial charge >= 0.3 is 17.9 Å². The number of allylic oxidation sites excluding steroid dienone is 16. The number of nitrogens with zero attached hydrogens (tertiary/aromatic N) is 1. The summed E-state index contributed by atoms with van der Waals surface area (Å²) in [4.78, 5) is 36.9. The van der Waals surface area contributed by atoms with Gasteiger partial charge in [0.1, 0.15) is 6.61 Å². The molecule has 0 saturated heterocycles. The summed E-state index contributed by atoms with van der Waals surface area (Å²) in [5, 5.41) is 9.62. The van der Waals surface area contributed by atoms with E-state index in [0.717, 1.165) is 64.2 Å². The molecule has 0 aliphatic rings. The normalized spacial score (nSPS) is 13.9. The van der Waals surface area contributed by atoms with Gasteiger partial charge in [-0.2, -0.15) is 0 Å². The summed E-state index contributed by atoms with van der Waals surface area (Å²) in [6, 6.07) is -0.637. The van der Waals surface area contributed by atoms with Crippen LogP contribution in [0.4, 0.5) is 0 Å². The Kier molecular flexibility index (Phi) is 37.5. The zero-order valence-electron chi connectivity index (χ0n) is 37.2. The van der Waals surface area contributed by atoms with Crippen LogP contribution < -0.4 is 0 Å². The van der Waals surface area contributed by atoms with Crippen LogP contribution in [0, 0.1) is 0 Å². The van der Waals surface area contributed by atoms with Crippen molar-refractivity contribution < 1.29 is 38.2 Å². The van der Waals surface area contributed by atoms with Crippen molar-refractivity contribution in [2.24, 2.45) is 0 Å². The van der Waals surface area contributed by atoms with Gasteiger partial charge in [0.15, 0.2) is 12.1 Å². The number of hydrogen-bond donors (Lipinski definition) is 1. The van der Waals surface area contributed by atoms with E-state index < -0.39 is 18.1 Å². The Morgan fingerprint density at radius 2 is 0.966 bits per heavy atom. The van der Waals surface area contributed by atoms with Crippen LogP contribution in [0.3, 0.4) is 0 Å². The lowest BCUT2D eigenvalue weighted by Gasteiger charge is -2.31. The minimum atomic E-state index is -0.895. The lowest BCUT2D eigenvalue weighted by molar-refractivity contribution is -0.887. The first kappa shape index (κ1) is 54.2. The molecule has 8 heteroatoms. The Hall–Kier alpha value is -3.75. The molecular weight excluding hydrogens is 727 g/mol. The average Bonchev–Trinajstić information content (AvgIpc) is 3.18. The van der Waals surface area contributed by atoms with Crippen molar-refractivity contribution in [2.45, 2.75) is 161 Å². The lowest BCUT2D eigenvalue weighted by atomic mass is 10.1. The van der Waals surface area contributed by atoms with E-state index in [1.165, 1.54) is 38.5 Å². The third-order valence-corrected chi connectivity index (χ3v) is 9.22. The summed E-state index contributed by atoms with van der Waals surface area (Å²) >= 11 is 0. The van der Waals surface area contributed by atoms with Crippen molar-refractivity contribution in [3.63, 3.8) is 0 Å². The van der Waals surface area contributed by atoms with Gasteiger partial charge in [0, 0.05) is 19.3 Å². The van der Waals surface area contributed by atoms with E-state index in [1.807, 2.05) is 21.1 Å². The van der Waals surface area contributed by atoms with Crippen LogP contribution in [-0.2, 0) is 28.6 Å². The second-order valence-electron chi connectivity index (χ2n) is 15.6. The second kappa shape index (κ2) is 40.0. The zero-order valence-corrected chi connectivity index (χ0v) is 37.2. The molecule has 0 heterocycles. The highest BCUT2D eigenvalue weighted by Crippen LogP contribution is 2.11. The fourth-order valence-electron chi connectivity index (χ4n) is 5.79. The van der Waals surface area contributed by atoms with Gasteiger partial charge in [-0.1, -0.05) is 143 Å². The van der Waals surface area contributed by atoms with Crippen molar-refractivity contribution in [3.8, 4) is 0 Å². The van der Waals surface area contributed by atoms with E-state index in [2.05, 4.69) is 111 Å². The molecule has 0 aromatic heterocycles. The first-order valence-corrected chi connectivity index (χ1v) is 22.3. The quantitative estimate of drug-likeness (QED) is 0.0287. The standard InChI is InChI=1S/C50H81NO7/c1-6-8-10-12-14-16-18-20-22-24-26-28-30-32-34-36-38-40-48(52)57-45-46(44-56-43-42-47(50(54)55)51(3,4)5)58-49(53)41-39-37-35-33-31-29-27-25-23-21-19-17-15-13-11-9-7-2/h8,10,14,16,20-23,26-29,32-35,46-47H,6-7,9,11-13,15,17-19,24-25,30-31,36-45H2,1-5H3/p+1/b10-8+,16-14+,22-20+,23-21+,28-26+,29-27+,34-32+,35-33+. The number of aliphatic carboxylic acids is 1. The highest BCUT2D eigenvalue weighted by molar-refractivity contribution is 5.72. The molecule has 0 aliphatic carbocycles. The molecule has 0 aromatic carbocycles. The summed E-state index contributed by atoms with van der Waals surface area (Å²) in [7, 11) is 5.48. The number of carbonyl (C=O) groups excluding carboxylic acids is 2. The van der Waals surface area contributed by atoms with E-state index in [0.29, 0.717) is 19.3 Å². The summed E-state index contributed by atoms with van der Waals surface area (Å²) in [6.45, 7) is 4.48. The molecule has 0 bridgehead atoms. The molecule has 0 aliphatic heterocycles. The largest absolute Gasteiger partial charge is 0.477 e. The molecule has 0 amide bonds. The summed E-state index contributed by atoms with van der Waals surface area (Å²) in [6.07, 6.45) is 53.3. The van der Waals surface area contributed by atoms with E-state index in [9.17, 15) is 19.5 Å². The molecule has 0 spiro atoms. The van der Waals surface area contributed by atoms with Crippen LogP contribution in [0.2, 0.25) is 0 Å². The van der Waals surface area contributed by atoms with Crippen LogP contribution in [0.15, 0.2) is 97.2 Å².